The quantitative estimate of drug-likeness (QED) is 0.560. The van der Waals surface area contributed by atoms with E-state index in [4.69, 9.17) is 12.2 Å². The first kappa shape index (κ1) is 17.0. The van der Waals surface area contributed by atoms with Crippen molar-refractivity contribution < 1.29 is 8.78 Å². The number of halogens is 2. The molecule has 24 heavy (non-hydrogen) atoms. The molecule has 128 valence electrons. The lowest BCUT2D eigenvalue weighted by molar-refractivity contribution is 0.240. The van der Waals surface area contributed by atoms with Crippen LogP contribution >= 0.6 is 12.2 Å². The SMILES string of the molecule is C=CCn1c(C2CC2)nn(CN(C)Cc2ccc(F)cc2F)c1=S. The van der Waals surface area contributed by atoms with E-state index in [1.54, 1.807) is 4.68 Å². The van der Waals surface area contributed by atoms with Gasteiger partial charge in [0, 0.05) is 30.6 Å². The van der Waals surface area contributed by atoms with Gasteiger partial charge < -0.3 is 0 Å². The molecule has 3 rings (SSSR count). The average Bonchev–Trinajstić information content (AvgIpc) is 3.32. The first-order valence-corrected chi connectivity index (χ1v) is 8.31. The molecule has 0 saturated heterocycles. The third kappa shape index (κ3) is 3.62. The van der Waals surface area contributed by atoms with Gasteiger partial charge in [-0.2, -0.15) is 5.10 Å². The summed E-state index contributed by atoms with van der Waals surface area (Å²) < 4.78 is 31.2. The van der Waals surface area contributed by atoms with Crippen molar-refractivity contribution in [3.63, 3.8) is 0 Å². The first-order chi connectivity index (χ1) is 11.5. The largest absolute Gasteiger partial charge is 0.300 e. The number of hydrogen-bond donors (Lipinski definition) is 0. The van der Waals surface area contributed by atoms with Gasteiger partial charge in [0.2, 0.25) is 0 Å². The molecule has 0 aliphatic heterocycles. The van der Waals surface area contributed by atoms with Crippen molar-refractivity contribution in [2.45, 2.75) is 38.5 Å². The predicted octanol–water partition coefficient (Wildman–Crippen LogP) is 3.85. The van der Waals surface area contributed by atoms with E-state index < -0.39 is 11.6 Å². The standard InChI is InChI=1S/C17H20F2N4S/c1-3-8-22-16(12-4-5-12)20-23(17(22)24)11-21(2)10-13-6-7-14(18)9-15(13)19/h3,6-7,9,12H,1,4-5,8,10-11H2,2H3. The Labute approximate surface area is 145 Å². The monoisotopic (exact) mass is 350 g/mol. The molecule has 0 bridgehead atoms. The van der Waals surface area contributed by atoms with Gasteiger partial charge in [0.05, 0.1) is 6.67 Å². The molecule has 0 unspecified atom stereocenters. The van der Waals surface area contributed by atoms with Crippen LogP contribution in [0.5, 0.6) is 0 Å². The lowest BCUT2D eigenvalue weighted by Crippen LogP contribution is -2.23. The smallest absolute Gasteiger partial charge is 0.199 e. The maximum atomic E-state index is 13.8. The van der Waals surface area contributed by atoms with Gasteiger partial charge in [-0.3, -0.25) is 9.47 Å². The van der Waals surface area contributed by atoms with Crippen LogP contribution in [0.3, 0.4) is 0 Å². The predicted molar refractivity (Wildman–Crippen MR) is 91.0 cm³/mol. The summed E-state index contributed by atoms with van der Waals surface area (Å²) in [6, 6.07) is 3.63. The van der Waals surface area contributed by atoms with Crippen LogP contribution in [0.25, 0.3) is 0 Å². The van der Waals surface area contributed by atoms with Crippen LogP contribution in [0.15, 0.2) is 30.9 Å². The summed E-state index contributed by atoms with van der Waals surface area (Å²) in [5, 5.41) is 4.64. The van der Waals surface area contributed by atoms with Gasteiger partial charge in [0.1, 0.15) is 17.5 Å². The summed E-state index contributed by atoms with van der Waals surface area (Å²) in [5.41, 5.74) is 0.443. The van der Waals surface area contributed by atoms with Crippen molar-refractivity contribution in [1.82, 2.24) is 19.2 Å². The molecule has 7 heteroatoms. The summed E-state index contributed by atoms with van der Waals surface area (Å²) in [6.45, 7) is 5.21. The average molecular weight is 350 g/mol. The highest BCUT2D eigenvalue weighted by Gasteiger charge is 2.29. The number of rotatable bonds is 7. The molecular weight excluding hydrogens is 330 g/mol. The molecule has 1 aliphatic carbocycles. The summed E-state index contributed by atoms with van der Waals surface area (Å²) in [6.07, 6.45) is 4.09. The van der Waals surface area contributed by atoms with Crippen molar-refractivity contribution in [2.75, 3.05) is 7.05 Å². The molecule has 2 aromatic rings. The van der Waals surface area contributed by atoms with E-state index in [1.165, 1.54) is 12.1 Å². The third-order valence-corrected chi connectivity index (χ3v) is 4.47. The molecule has 1 aliphatic rings. The van der Waals surface area contributed by atoms with E-state index in [1.807, 2.05) is 22.6 Å². The van der Waals surface area contributed by atoms with Gasteiger partial charge in [-0.25, -0.2) is 13.5 Å². The Morgan fingerprint density at radius 2 is 2.17 bits per heavy atom. The summed E-state index contributed by atoms with van der Waals surface area (Å²) in [5.74, 6) is 0.369. The van der Waals surface area contributed by atoms with Crippen LogP contribution < -0.4 is 0 Å². The molecule has 1 aromatic carbocycles. The van der Waals surface area contributed by atoms with E-state index in [2.05, 4.69) is 11.7 Å². The fourth-order valence-electron chi connectivity index (χ4n) is 2.71. The molecule has 4 nitrogen and oxygen atoms in total. The van der Waals surface area contributed by atoms with Gasteiger partial charge in [0.25, 0.3) is 0 Å². The van der Waals surface area contributed by atoms with E-state index in [9.17, 15) is 8.78 Å². The molecule has 0 atom stereocenters. The van der Waals surface area contributed by atoms with Crippen molar-refractivity contribution >= 4 is 12.2 Å². The Morgan fingerprint density at radius 3 is 2.79 bits per heavy atom. The van der Waals surface area contributed by atoms with E-state index in [-0.39, 0.29) is 0 Å². The second-order valence-corrected chi connectivity index (χ2v) is 6.57. The topological polar surface area (TPSA) is 26.0 Å². The van der Waals surface area contributed by atoms with Crippen LogP contribution in [0.2, 0.25) is 0 Å². The zero-order chi connectivity index (χ0) is 17.3. The van der Waals surface area contributed by atoms with E-state index in [0.29, 0.717) is 36.0 Å². The van der Waals surface area contributed by atoms with E-state index >= 15 is 0 Å². The fraction of sp³-hybridized carbons (Fsp3) is 0.412. The Kier molecular flexibility index (Phi) is 4.91. The lowest BCUT2D eigenvalue weighted by atomic mass is 10.2. The normalized spacial score (nSPS) is 14.3. The Morgan fingerprint density at radius 1 is 1.42 bits per heavy atom. The maximum absolute atomic E-state index is 13.8. The lowest BCUT2D eigenvalue weighted by Gasteiger charge is -2.16. The number of hydrogen-bond acceptors (Lipinski definition) is 3. The molecular formula is C17H20F2N4S. The molecule has 1 saturated carbocycles. The Balaban J connectivity index is 1.76. The summed E-state index contributed by atoms with van der Waals surface area (Å²) in [4.78, 5) is 1.90. The zero-order valence-corrected chi connectivity index (χ0v) is 14.4. The molecule has 0 amide bonds. The minimum atomic E-state index is -0.571. The molecule has 1 heterocycles. The van der Waals surface area contributed by atoms with Gasteiger partial charge >= 0.3 is 0 Å². The van der Waals surface area contributed by atoms with Crippen LogP contribution in [0.1, 0.15) is 30.1 Å². The summed E-state index contributed by atoms with van der Waals surface area (Å²) in [7, 11) is 1.86. The van der Waals surface area contributed by atoms with Gasteiger partial charge in [-0.15, -0.1) is 6.58 Å². The Hall–Kier alpha value is -1.86. The van der Waals surface area contributed by atoms with Crippen LogP contribution in [0, 0.1) is 16.4 Å². The molecule has 1 aromatic heterocycles. The highest BCUT2D eigenvalue weighted by atomic mass is 32.1. The van der Waals surface area contributed by atoms with Crippen LogP contribution in [-0.2, 0) is 19.8 Å². The van der Waals surface area contributed by atoms with Gasteiger partial charge in [-0.05, 0) is 38.2 Å². The van der Waals surface area contributed by atoms with Crippen molar-refractivity contribution in [3.05, 3.63) is 58.6 Å². The Bertz CT molecular complexity index is 807. The fourth-order valence-corrected chi connectivity index (χ4v) is 2.98. The third-order valence-electron chi connectivity index (χ3n) is 4.04. The van der Waals surface area contributed by atoms with Crippen molar-refractivity contribution in [3.8, 4) is 0 Å². The molecule has 1 fully saturated rings. The minimum absolute atomic E-state index is 0.348. The van der Waals surface area contributed by atoms with Crippen LogP contribution in [-0.4, -0.2) is 26.3 Å². The highest BCUT2D eigenvalue weighted by Crippen LogP contribution is 2.39. The van der Waals surface area contributed by atoms with Crippen molar-refractivity contribution in [1.29, 1.82) is 0 Å². The number of allylic oxidation sites excluding steroid dienone is 1. The first-order valence-electron chi connectivity index (χ1n) is 7.90. The minimum Gasteiger partial charge on any atom is -0.300 e. The molecule has 0 N–H and O–H groups in total. The summed E-state index contributed by atoms with van der Waals surface area (Å²) >= 11 is 5.52. The number of benzene rings is 1. The maximum Gasteiger partial charge on any atom is 0.199 e. The second kappa shape index (κ2) is 6.94. The number of nitrogens with zero attached hydrogens (tertiary/aromatic N) is 4. The van der Waals surface area contributed by atoms with Gasteiger partial charge in [-0.1, -0.05) is 12.1 Å². The van der Waals surface area contributed by atoms with Crippen molar-refractivity contribution in [2.24, 2.45) is 0 Å². The second-order valence-electron chi connectivity index (χ2n) is 6.21. The number of aromatic nitrogens is 3. The highest BCUT2D eigenvalue weighted by molar-refractivity contribution is 7.71. The van der Waals surface area contributed by atoms with E-state index in [0.717, 1.165) is 24.7 Å². The molecule has 0 radical (unpaired) electrons. The molecule has 0 spiro atoms. The van der Waals surface area contributed by atoms with Crippen LogP contribution in [0.4, 0.5) is 8.78 Å². The van der Waals surface area contributed by atoms with Gasteiger partial charge in [0.15, 0.2) is 4.77 Å². The zero-order valence-electron chi connectivity index (χ0n) is 13.6.